The molecule has 1 fully saturated rings. The van der Waals surface area contributed by atoms with Crippen LogP contribution in [0.25, 0.3) is 0 Å². The molecule has 0 aliphatic heterocycles. The average molecular weight is 292 g/mol. The number of furan rings is 1. The molecule has 1 heterocycles. The molecule has 21 heavy (non-hydrogen) atoms. The Morgan fingerprint density at radius 3 is 2.71 bits per heavy atom. The van der Waals surface area contributed by atoms with Gasteiger partial charge in [0.25, 0.3) is 0 Å². The lowest BCUT2D eigenvalue weighted by atomic mass is 9.94. The number of hydrogen-bond donors (Lipinski definition) is 1. The third kappa shape index (κ3) is 4.92. The monoisotopic (exact) mass is 292 g/mol. The Morgan fingerprint density at radius 2 is 2.10 bits per heavy atom. The van der Waals surface area contributed by atoms with Crippen molar-refractivity contribution in [2.45, 2.75) is 58.0 Å². The van der Waals surface area contributed by atoms with E-state index in [0.29, 0.717) is 25.6 Å². The van der Waals surface area contributed by atoms with Gasteiger partial charge in [0.15, 0.2) is 0 Å². The maximum atomic E-state index is 11.9. The van der Waals surface area contributed by atoms with Crippen LogP contribution in [0.4, 0.5) is 0 Å². The van der Waals surface area contributed by atoms with Gasteiger partial charge in [-0.15, -0.1) is 0 Å². The topological polar surface area (TPSA) is 62.6 Å². The largest absolute Gasteiger partial charge is 0.467 e. The van der Waals surface area contributed by atoms with E-state index in [2.05, 4.69) is 5.32 Å². The number of carbonyl (C=O) groups excluding carboxylic acids is 2. The van der Waals surface area contributed by atoms with Gasteiger partial charge >= 0.3 is 0 Å². The average Bonchev–Trinajstić information content (AvgIpc) is 2.99. The van der Waals surface area contributed by atoms with Gasteiger partial charge in [0, 0.05) is 25.9 Å². The summed E-state index contributed by atoms with van der Waals surface area (Å²) in [5, 5.41) is 2.81. The van der Waals surface area contributed by atoms with Crippen molar-refractivity contribution in [2.75, 3.05) is 6.54 Å². The molecule has 1 aliphatic carbocycles. The van der Waals surface area contributed by atoms with E-state index < -0.39 is 0 Å². The van der Waals surface area contributed by atoms with Crippen molar-refractivity contribution in [3.05, 3.63) is 24.2 Å². The second-order valence-electron chi connectivity index (χ2n) is 5.61. The molecule has 116 valence electrons. The smallest absolute Gasteiger partial charge is 0.222 e. The first kappa shape index (κ1) is 15.6. The van der Waals surface area contributed by atoms with E-state index in [0.717, 1.165) is 18.6 Å². The van der Waals surface area contributed by atoms with Crippen molar-refractivity contribution >= 4 is 11.8 Å². The fraction of sp³-hybridized carbons (Fsp3) is 0.625. The van der Waals surface area contributed by atoms with Crippen molar-refractivity contribution in [1.29, 1.82) is 0 Å². The van der Waals surface area contributed by atoms with Crippen LogP contribution in [-0.2, 0) is 16.1 Å². The van der Waals surface area contributed by atoms with Gasteiger partial charge in [-0.25, -0.2) is 0 Å². The molecule has 0 spiro atoms. The minimum atomic E-state index is -0.0477. The van der Waals surface area contributed by atoms with Crippen LogP contribution in [0.1, 0.15) is 51.2 Å². The van der Waals surface area contributed by atoms with Crippen molar-refractivity contribution in [3.8, 4) is 0 Å². The molecular weight excluding hydrogens is 268 g/mol. The zero-order valence-electron chi connectivity index (χ0n) is 12.6. The molecular formula is C16H24N2O3. The highest BCUT2D eigenvalue weighted by Crippen LogP contribution is 2.22. The minimum Gasteiger partial charge on any atom is -0.467 e. The molecule has 0 unspecified atom stereocenters. The van der Waals surface area contributed by atoms with E-state index in [1.165, 1.54) is 19.3 Å². The fourth-order valence-electron chi connectivity index (χ4n) is 2.90. The Bertz CT molecular complexity index is 450. The molecule has 1 aromatic heterocycles. The Hall–Kier alpha value is -1.78. The summed E-state index contributed by atoms with van der Waals surface area (Å²) in [6.45, 7) is 2.49. The van der Waals surface area contributed by atoms with E-state index in [-0.39, 0.29) is 11.8 Å². The summed E-state index contributed by atoms with van der Waals surface area (Å²) in [6.07, 6.45) is 7.67. The van der Waals surface area contributed by atoms with Gasteiger partial charge in [-0.3, -0.25) is 9.59 Å². The number of nitrogens with one attached hydrogen (secondary N) is 1. The number of rotatable bonds is 6. The third-order valence-electron chi connectivity index (χ3n) is 4.04. The lowest BCUT2D eigenvalue weighted by molar-refractivity contribution is -0.132. The van der Waals surface area contributed by atoms with E-state index in [4.69, 9.17) is 4.42 Å². The maximum Gasteiger partial charge on any atom is 0.222 e. The van der Waals surface area contributed by atoms with E-state index in [1.54, 1.807) is 19.3 Å². The molecule has 0 radical (unpaired) electrons. The number of hydrogen-bond acceptors (Lipinski definition) is 3. The van der Waals surface area contributed by atoms with Gasteiger partial charge in [-0.05, 0) is 25.0 Å². The molecule has 1 saturated carbocycles. The third-order valence-corrected chi connectivity index (χ3v) is 4.04. The molecule has 1 N–H and O–H groups in total. The highest BCUT2D eigenvalue weighted by molar-refractivity contribution is 5.78. The van der Waals surface area contributed by atoms with Crippen LogP contribution in [0, 0.1) is 0 Å². The van der Waals surface area contributed by atoms with Crippen LogP contribution in [0.3, 0.4) is 0 Å². The highest BCUT2D eigenvalue weighted by atomic mass is 16.3. The summed E-state index contributed by atoms with van der Waals surface area (Å²) in [5.74, 6) is 0.758. The predicted molar refractivity (Wildman–Crippen MR) is 79.4 cm³/mol. The van der Waals surface area contributed by atoms with Crippen molar-refractivity contribution in [2.24, 2.45) is 0 Å². The van der Waals surface area contributed by atoms with Gasteiger partial charge in [0.1, 0.15) is 5.76 Å². The van der Waals surface area contributed by atoms with Gasteiger partial charge in [-0.1, -0.05) is 19.3 Å². The number of amides is 2. The normalized spacial score (nSPS) is 15.7. The predicted octanol–water partition coefficient (Wildman–Crippen LogP) is 2.47. The first-order chi connectivity index (χ1) is 10.2. The molecule has 0 atom stereocenters. The van der Waals surface area contributed by atoms with E-state index >= 15 is 0 Å². The van der Waals surface area contributed by atoms with Crippen LogP contribution >= 0.6 is 0 Å². The summed E-state index contributed by atoms with van der Waals surface area (Å²) < 4.78 is 5.16. The molecule has 1 aromatic rings. The molecule has 0 saturated heterocycles. The lowest BCUT2D eigenvalue weighted by Crippen LogP contribution is -2.42. The Balaban J connectivity index is 1.75. The Kier molecular flexibility index (Phi) is 5.84. The molecule has 5 heteroatoms. The summed E-state index contributed by atoms with van der Waals surface area (Å²) in [7, 11) is 0. The van der Waals surface area contributed by atoms with Crippen LogP contribution in [0.2, 0.25) is 0 Å². The Morgan fingerprint density at radius 1 is 1.33 bits per heavy atom. The molecule has 2 rings (SSSR count). The first-order valence-corrected chi connectivity index (χ1v) is 7.73. The van der Waals surface area contributed by atoms with Crippen molar-refractivity contribution in [1.82, 2.24) is 10.2 Å². The zero-order valence-corrected chi connectivity index (χ0v) is 12.6. The van der Waals surface area contributed by atoms with Crippen LogP contribution in [-0.4, -0.2) is 29.3 Å². The molecule has 1 aliphatic rings. The number of nitrogens with zero attached hydrogens (tertiary/aromatic N) is 1. The van der Waals surface area contributed by atoms with E-state index in [1.807, 2.05) is 11.0 Å². The summed E-state index contributed by atoms with van der Waals surface area (Å²) in [6, 6.07) is 3.93. The molecule has 0 aromatic carbocycles. The second kappa shape index (κ2) is 7.86. The van der Waals surface area contributed by atoms with Gasteiger partial charge in [0.2, 0.25) is 11.8 Å². The van der Waals surface area contributed by atoms with E-state index in [9.17, 15) is 9.59 Å². The van der Waals surface area contributed by atoms with Gasteiger partial charge < -0.3 is 14.6 Å². The Labute approximate surface area is 125 Å². The van der Waals surface area contributed by atoms with Crippen molar-refractivity contribution < 1.29 is 14.0 Å². The standard InChI is InChI=1S/C16H24N2O3/c1-13(19)18(14-6-3-2-4-7-14)10-9-16(20)17-12-15-8-5-11-21-15/h5,8,11,14H,2-4,6-7,9-10,12H2,1H3,(H,17,20). The van der Waals surface area contributed by atoms with Crippen molar-refractivity contribution in [3.63, 3.8) is 0 Å². The maximum absolute atomic E-state index is 11.9. The van der Waals surface area contributed by atoms with Crippen LogP contribution in [0.5, 0.6) is 0 Å². The van der Waals surface area contributed by atoms with Gasteiger partial charge in [0.05, 0.1) is 12.8 Å². The summed E-state index contributed by atoms with van der Waals surface area (Å²) in [5.41, 5.74) is 0. The molecule has 2 amide bonds. The van der Waals surface area contributed by atoms with Gasteiger partial charge in [-0.2, -0.15) is 0 Å². The minimum absolute atomic E-state index is 0.0477. The second-order valence-corrected chi connectivity index (χ2v) is 5.61. The lowest BCUT2D eigenvalue weighted by Gasteiger charge is -2.33. The highest BCUT2D eigenvalue weighted by Gasteiger charge is 2.23. The number of carbonyl (C=O) groups is 2. The summed E-state index contributed by atoms with van der Waals surface area (Å²) >= 11 is 0. The quantitative estimate of drug-likeness (QED) is 0.876. The van der Waals surface area contributed by atoms with Crippen LogP contribution < -0.4 is 5.32 Å². The SMILES string of the molecule is CC(=O)N(CCC(=O)NCc1ccco1)C1CCCCC1. The fourth-order valence-corrected chi connectivity index (χ4v) is 2.90. The van der Waals surface area contributed by atoms with Crippen LogP contribution in [0.15, 0.2) is 22.8 Å². The molecule has 5 nitrogen and oxygen atoms in total. The molecule has 0 bridgehead atoms. The zero-order chi connectivity index (χ0) is 15.1. The first-order valence-electron chi connectivity index (χ1n) is 7.73. The summed E-state index contributed by atoms with van der Waals surface area (Å²) in [4.78, 5) is 25.5.